The van der Waals surface area contributed by atoms with Gasteiger partial charge in [-0.25, -0.2) is 8.78 Å². The third kappa shape index (κ3) is 4.72. The van der Waals surface area contributed by atoms with Crippen LogP contribution in [0, 0.1) is 17.6 Å². The Hall–Kier alpha value is -2.27. The summed E-state index contributed by atoms with van der Waals surface area (Å²) in [7, 11) is 0. The molecular weight excluding hydrogens is 346 g/mol. The Morgan fingerprint density at radius 2 is 1.70 bits per heavy atom. The number of piperidine rings is 1. The van der Waals surface area contributed by atoms with E-state index in [0.29, 0.717) is 12.1 Å². The molecule has 0 bridgehead atoms. The van der Waals surface area contributed by atoms with E-state index in [1.54, 1.807) is 18.2 Å². The maximum absolute atomic E-state index is 13.9. The number of carbonyl (C=O) groups excluding carboxylic acids is 1. The molecule has 27 heavy (non-hydrogen) atoms. The maximum Gasteiger partial charge on any atom is 0.229 e. The Balaban J connectivity index is 1.70. The van der Waals surface area contributed by atoms with Gasteiger partial charge >= 0.3 is 0 Å². The lowest BCUT2D eigenvalue weighted by Gasteiger charge is -2.39. The molecule has 1 heterocycles. The zero-order valence-corrected chi connectivity index (χ0v) is 15.9. The zero-order valence-electron chi connectivity index (χ0n) is 15.9. The van der Waals surface area contributed by atoms with Crippen LogP contribution < -0.4 is 4.90 Å². The number of anilines is 1. The molecule has 0 N–H and O–H groups in total. The van der Waals surface area contributed by atoms with Crippen molar-refractivity contribution in [2.24, 2.45) is 5.92 Å². The van der Waals surface area contributed by atoms with Crippen molar-refractivity contribution in [1.29, 1.82) is 0 Å². The lowest BCUT2D eigenvalue weighted by Crippen LogP contribution is -2.48. The Kier molecular flexibility index (Phi) is 6.22. The molecule has 0 unspecified atom stereocenters. The first-order valence-corrected chi connectivity index (χ1v) is 9.50. The van der Waals surface area contributed by atoms with Gasteiger partial charge in [0.05, 0.1) is 0 Å². The number of carbonyl (C=O) groups is 1. The van der Waals surface area contributed by atoms with Crippen LogP contribution in [0.5, 0.6) is 0 Å². The average molecular weight is 372 g/mol. The third-order valence-electron chi connectivity index (χ3n) is 5.11. The van der Waals surface area contributed by atoms with Gasteiger partial charge in [-0.2, -0.15) is 0 Å². The molecule has 0 aliphatic carbocycles. The molecule has 1 aliphatic rings. The van der Waals surface area contributed by atoms with E-state index in [4.69, 9.17) is 0 Å². The van der Waals surface area contributed by atoms with Crippen molar-refractivity contribution in [2.75, 3.05) is 18.0 Å². The lowest BCUT2D eigenvalue weighted by molar-refractivity contribution is -0.122. The molecule has 0 spiro atoms. The standard InChI is InChI=1S/C22H26F2N2O/c1-16(2)22(27)26(19-9-7-18(23)8-10-19)20-11-13-25(14-12-20)15-17-5-3-4-6-21(17)24/h3-10,16,20H,11-15H2,1-2H3. The van der Waals surface area contributed by atoms with Crippen molar-refractivity contribution in [2.45, 2.75) is 39.3 Å². The number of hydrogen-bond acceptors (Lipinski definition) is 2. The van der Waals surface area contributed by atoms with Crippen LogP contribution in [-0.4, -0.2) is 29.9 Å². The van der Waals surface area contributed by atoms with Crippen LogP contribution in [0.1, 0.15) is 32.3 Å². The summed E-state index contributed by atoms with van der Waals surface area (Å²) >= 11 is 0. The van der Waals surface area contributed by atoms with E-state index >= 15 is 0 Å². The van der Waals surface area contributed by atoms with E-state index in [0.717, 1.165) is 31.6 Å². The average Bonchev–Trinajstić information content (AvgIpc) is 2.66. The van der Waals surface area contributed by atoms with E-state index in [1.807, 2.05) is 30.9 Å². The van der Waals surface area contributed by atoms with Gasteiger partial charge in [-0.1, -0.05) is 32.0 Å². The van der Waals surface area contributed by atoms with Gasteiger partial charge in [-0.3, -0.25) is 9.69 Å². The molecule has 1 aliphatic heterocycles. The molecule has 1 fully saturated rings. The highest BCUT2D eigenvalue weighted by Gasteiger charge is 2.30. The SMILES string of the molecule is CC(C)C(=O)N(c1ccc(F)cc1)C1CCN(Cc2ccccc2F)CC1. The topological polar surface area (TPSA) is 23.6 Å². The van der Waals surface area contributed by atoms with E-state index in [9.17, 15) is 13.6 Å². The van der Waals surface area contributed by atoms with Gasteiger partial charge in [0, 0.05) is 42.8 Å². The first-order valence-electron chi connectivity index (χ1n) is 9.50. The van der Waals surface area contributed by atoms with Crippen molar-refractivity contribution in [3.05, 3.63) is 65.7 Å². The second-order valence-corrected chi connectivity index (χ2v) is 7.44. The highest BCUT2D eigenvalue weighted by atomic mass is 19.1. The molecule has 5 heteroatoms. The molecule has 2 aromatic rings. The van der Waals surface area contributed by atoms with Gasteiger partial charge in [0.1, 0.15) is 11.6 Å². The van der Waals surface area contributed by atoms with Gasteiger partial charge in [-0.05, 0) is 43.2 Å². The summed E-state index contributed by atoms with van der Waals surface area (Å²) in [5, 5.41) is 0. The third-order valence-corrected chi connectivity index (χ3v) is 5.11. The monoisotopic (exact) mass is 372 g/mol. The molecular formula is C22H26F2N2O. The predicted octanol–water partition coefficient (Wildman–Crippen LogP) is 4.62. The number of likely N-dealkylation sites (tertiary alicyclic amines) is 1. The quantitative estimate of drug-likeness (QED) is 0.765. The smallest absolute Gasteiger partial charge is 0.229 e. The van der Waals surface area contributed by atoms with E-state index in [-0.39, 0.29) is 29.5 Å². The molecule has 0 saturated carbocycles. The van der Waals surface area contributed by atoms with Crippen LogP contribution in [0.2, 0.25) is 0 Å². The van der Waals surface area contributed by atoms with Crippen LogP contribution in [0.4, 0.5) is 14.5 Å². The van der Waals surface area contributed by atoms with Gasteiger partial charge in [-0.15, -0.1) is 0 Å². The second kappa shape index (κ2) is 8.61. The van der Waals surface area contributed by atoms with E-state index in [2.05, 4.69) is 4.90 Å². The van der Waals surface area contributed by atoms with Gasteiger partial charge in [0.2, 0.25) is 5.91 Å². The highest BCUT2D eigenvalue weighted by Crippen LogP contribution is 2.27. The summed E-state index contributed by atoms with van der Waals surface area (Å²) < 4.78 is 27.2. The Bertz CT molecular complexity index is 768. The maximum atomic E-state index is 13.9. The summed E-state index contributed by atoms with van der Waals surface area (Å²) in [4.78, 5) is 16.9. The molecule has 1 amide bonds. The number of hydrogen-bond donors (Lipinski definition) is 0. The van der Waals surface area contributed by atoms with Gasteiger partial charge in [0.15, 0.2) is 0 Å². The summed E-state index contributed by atoms with van der Waals surface area (Å²) in [6.07, 6.45) is 1.62. The van der Waals surface area contributed by atoms with Gasteiger partial charge < -0.3 is 4.90 Å². The fourth-order valence-electron chi connectivity index (χ4n) is 3.60. The molecule has 0 atom stereocenters. The van der Waals surface area contributed by atoms with Crippen molar-refractivity contribution in [3.8, 4) is 0 Å². The van der Waals surface area contributed by atoms with Gasteiger partial charge in [0.25, 0.3) is 0 Å². The molecule has 0 aromatic heterocycles. The van der Waals surface area contributed by atoms with Crippen molar-refractivity contribution in [1.82, 2.24) is 4.90 Å². The first-order chi connectivity index (χ1) is 13.0. The van der Waals surface area contributed by atoms with Crippen molar-refractivity contribution < 1.29 is 13.6 Å². The molecule has 144 valence electrons. The predicted molar refractivity (Wildman–Crippen MR) is 103 cm³/mol. The largest absolute Gasteiger partial charge is 0.309 e. The number of rotatable bonds is 5. The van der Waals surface area contributed by atoms with E-state index < -0.39 is 0 Å². The molecule has 3 nitrogen and oxygen atoms in total. The summed E-state index contributed by atoms with van der Waals surface area (Å²) in [5.74, 6) is -0.571. The fourth-order valence-corrected chi connectivity index (χ4v) is 3.60. The van der Waals surface area contributed by atoms with E-state index in [1.165, 1.54) is 18.2 Å². The first kappa shape index (κ1) is 19.5. The number of amides is 1. The summed E-state index contributed by atoms with van der Waals surface area (Å²) in [5.41, 5.74) is 1.44. The Labute approximate surface area is 159 Å². The normalized spacial score (nSPS) is 15.9. The number of benzene rings is 2. The second-order valence-electron chi connectivity index (χ2n) is 7.44. The number of halogens is 2. The fraction of sp³-hybridized carbons (Fsp3) is 0.409. The zero-order chi connectivity index (χ0) is 19.4. The number of nitrogens with zero attached hydrogens (tertiary/aromatic N) is 2. The van der Waals surface area contributed by atoms with Crippen LogP contribution in [0.3, 0.4) is 0 Å². The summed E-state index contributed by atoms with van der Waals surface area (Å²) in [6.45, 7) is 5.93. The molecule has 1 saturated heterocycles. The van der Waals surface area contributed by atoms with Crippen molar-refractivity contribution in [3.63, 3.8) is 0 Å². The van der Waals surface area contributed by atoms with Crippen LogP contribution in [0.15, 0.2) is 48.5 Å². The lowest BCUT2D eigenvalue weighted by atomic mass is 9.99. The molecule has 0 radical (unpaired) electrons. The molecule has 2 aromatic carbocycles. The Morgan fingerprint density at radius 1 is 1.07 bits per heavy atom. The summed E-state index contributed by atoms with van der Waals surface area (Å²) in [6, 6.07) is 13.0. The van der Waals surface area contributed by atoms with Crippen LogP contribution >= 0.6 is 0 Å². The highest BCUT2D eigenvalue weighted by molar-refractivity contribution is 5.95. The minimum Gasteiger partial charge on any atom is -0.309 e. The van der Waals surface area contributed by atoms with Crippen LogP contribution in [0.25, 0.3) is 0 Å². The molecule has 3 rings (SSSR count). The van der Waals surface area contributed by atoms with Crippen molar-refractivity contribution >= 4 is 11.6 Å². The minimum atomic E-state index is -0.310. The Morgan fingerprint density at radius 3 is 2.30 bits per heavy atom. The van der Waals surface area contributed by atoms with Crippen LogP contribution in [-0.2, 0) is 11.3 Å². The minimum absolute atomic E-state index is 0.0501.